The third-order valence-corrected chi connectivity index (χ3v) is 6.20. The second-order valence-corrected chi connectivity index (χ2v) is 8.23. The van der Waals surface area contributed by atoms with Gasteiger partial charge in [-0.25, -0.2) is 14.4 Å². The summed E-state index contributed by atoms with van der Waals surface area (Å²) in [4.78, 5) is 33.1. The van der Waals surface area contributed by atoms with E-state index in [9.17, 15) is 27.2 Å². The first-order valence-corrected chi connectivity index (χ1v) is 10.6. The van der Waals surface area contributed by atoms with Gasteiger partial charge in [0, 0.05) is 10.6 Å². The van der Waals surface area contributed by atoms with E-state index in [4.69, 9.17) is 16.4 Å². The number of fused-ring (bicyclic) bond motifs is 1. The molecule has 2 amide bonds. The molecule has 2 fully saturated rings. The Labute approximate surface area is 196 Å². The minimum absolute atomic E-state index is 0.00966. The van der Waals surface area contributed by atoms with Gasteiger partial charge in [-0.1, -0.05) is 48.0 Å². The first-order valence-electron chi connectivity index (χ1n) is 10.2. The van der Waals surface area contributed by atoms with Gasteiger partial charge in [-0.15, -0.1) is 0 Å². The maximum atomic E-state index is 15.0. The van der Waals surface area contributed by atoms with E-state index in [0.717, 1.165) is 24.3 Å². The van der Waals surface area contributed by atoms with Crippen molar-refractivity contribution < 1.29 is 32.0 Å². The topological polar surface area (TPSA) is 49.9 Å². The van der Waals surface area contributed by atoms with Crippen LogP contribution in [-0.2, 0) is 20.6 Å². The van der Waals surface area contributed by atoms with Gasteiger partial charge < -0.3 is 0 Å². The fraction of sp³-hybridized carbons (Fsp3) is 0.167. The lowest BCUT2D eigenvalue weighted by atomic mass is 9.90. The fourth-order valence-electron chi connectivity index (χ4n) is 4.45. The van der Waals surface area contributed by atoms with E-state index in [1.807, 2.05) is 0 Å². The van der Waals surface area contributed by atoms with Crippen LogP contribution in [0.3, 0.4) is 0 Å². The lowest BCUT2D eigenvalue weighted by Gasteiger charge is -2.29. The van der Waals surface area contributed by atoms with Crippen LogP contribution in [0.4, 0.5) is 28.9 Å². The highest BCUT2D eigenvalue weighted by Gasteiger charge is 2.61. The number of imide groups is 1. The number of para-hydroxylation sites is 2. The van der Waals surface area contributed by atoms with E-state index >= 15 is 0 Å². The highest BCUT2D eigenvalue weighted by molar-refractivity contribution is 6.31. The van der Waals surface area contributed by atoms with Crippen LogP contribution in [-0.4, -0.2) is 17.9 Å². The molecule has 0 spiro atoms. The van der Waals surface area contributed by atoms with Crippen molar-refractivity contribution in [3.63, 3.8) is 0 Å². The van der Waals surface area contributed by atoms with Crippen molar-refractivity contribution in [2.45, 2.75) is 18.3 Å². The summed E-state index contributed by atoms with van der Waals surface area (Å²) < 4.78 is 55.9. The molecule has 3 atom stereocenters. The Kier molecular flexibility index (Phi) is 5.33. The molecule has 2 saturated heterocycles. The molecule has 0 bridgehead atoms. The van der Waals surface area contributed by atoms with Gasteiger partial charge in [-0.3, -0.25) is 14.4 Å². The number of rotatable bonds is 3. The molecular weight excluding hydrogens is 476 g/mol. The zero-order valence-corrected chi connectivity index (χ0v) is 17.9. The second kappa shape index (κ2) is 8.11. The summed E-state index contributed by atoms with van der Waals surface area (Å²) in [5.74, 6) is -3.97. The van der Waals surface area contributed by atoms with Gasteiger partial charge in [-0.2, -0.15) is 13.2 Å². The molecule has 3 unspecified atom stereocenters. The molecule has 0 saturated carbocycles. The van der Waals surface area contributed by atoms with E-state index in [2.05, 4.69) is 0 Å². The zero-order chi connectivity index (χ0) is 24.2. The van der Waals surface area contributed by atoms with Gasteiger partial charge in [-0.05, 0) is 36.4 Å². The minimum atomic E-state index is -4.81. The average molecular weight is 491 g/mol. The van der Waals surface area contributed by atoms with E-state index in [1.54, 1.807) is 30.3 Å². The number of carbonyl (C=O) groups is 2. The summed E-state index contributed by atoms with van der Waals surface area (Å²) in [6, 6.07) is 15.4. The van der Waals surface area contributed by atoms with Crippen molar-refractivity contribution in [3.05, 3.63) is 94.8 Å². The van der Waals surface area contributed by atoms with Crippen LogP contribution in [0.5, 0.6) is 0 Å². The Bertz CT molecular complexity index is 1260. The van der Waals surface area contributed by atoms with Gasteiger partial charge in [0.25, 0.3) is 5.91 Å². The van der Waals surface area contributed by atoms with E-state index in [-0.39, 0.29) is 10.6 Å². The number of hydroxylamine groups is 1. The van der Waals surface area contributed by atoms with Crippen LogP contribution in [0, 0.1) is 11.7 Å². The number of halogens is 5. The predicted octanol–water partition coefficient (Wildman–Crippen LogP) is 5.55. The lowest BCUT2D eigenvalue weighted by Crippen LogP contribution is -2.38. The van der Waals surface area contributed by atoms with Gasteiger partial charge in [0.1, 0.15) is 17.8 Å². The van der Waals surface area contributed by atoms with Crippen molar-refractivity contribution >= 4 is 34.8 Å². The fourth-order valence-corrected chi connectivity index (χ4v) is 4.72. The standard InChI is InChI=1S/C24H15ClF4N2O3/c25-15-10-6-11-16(26)18(15)20-19-21(34-31(20)13-7-2-1-3-8-13)23(33)30(22(19)32)17-12-5-4-9-14(17)24(27,28)29/h1-12,19-21H. The zero-order valence-electron chi connectivity index (χ0n) is 17.2. The number of alkyl halides is 3. The average Bonchev–Trinajstić information content (AvgIpc) is 3.30. The quantitative estimate of drug-likeness (QED) is 0.357. The monoisotopic (exact) mass is 490 g/mol. The van der Waals surface area contributed by atoms with Crippen molar-refractivity contribution in [2.24, 2.45) is 5.92 Å². The molecule has 0 radical (unpaired) electrons. The normalized spacial score (nSPS) is 22.4. The molecule has 3 aromatic rings. The van der Waals surface area contributed by atoms with Crippen LogP contribution in [0.15, 0.2) is 72.8 Å². The summed E-state index contributed by atoms with van der Waals surface area (Å²) in [5.41, 5.74) is -1.42. The summed E-state index contributed by atoms with van der Waals surface area (Å²) in [6.45, 7) is 0. The van der Waals surface area contributed by atoms with Crippen LogP contribution >= 0.6 is 11.6 Å². The highest BCUT2D eigenvalue weighted by Crippen LogP contribution is 2.50. The number of carbonyl (C=O) groups excluding carboxylic acids is 2. The summed E-state index contributed by atoms with van der Waals surface area (Å²) in [6.07, 6.45) is -6.27. The van der Waals surface area contributed by atoms with Crippen LogP contribution < -0.4 is 9.96 Å². The summed E-state index contributed by atoms with van der Waals surface area (Å²) >= 11 is 6.29. The first kappa shape index (κ1) is 22.4. The molecule has 2 aliphatic rings. The van der Waals surface area contributed by atoms with Gasteiger partial charge in [0.2, 0.25) is 5.91 Å². The van der Waals surface area contributed by atoms with E-state index < -0.39 is 53.1 Å². The summed E-state index contributed by atoms with van der Waals surface area (Å²) in [5, 5.41) is 1.21. The molecule has 2 heterocycles. The van der Waals surface area contributed by atoms with E-state index in [0.29, 0.717) is 10.6 Å². The minimum Gasteiger partial charge on any atom is -0.273 e. The molecule has 34 heavy (non-hydrogen) atoms. The molecule has 2 aliphatic heterocycles. The third kappa shape index (κ3) is 3.43. The lowest BCUT2D eigenvalue weighted by molar-refractivity contribution is -0.137. The number of amides is 2. The van der Waals surface area contributed by atoms with Crippen LogP contribution in [0.1, 0.15) is 17.2 Å². The second-order valence-electron chi connectivity index (χ2n) is 7.82. The Balaban J connectivity index is 1.65. The Morgan fingerprint density at radius 2 is 1.53 bits per heavy atom. The number of anilines is 2. The van der Waals surface area contributed by atoms with Gasteiger partial charge in [0.05, 0.1) is 16.9 Å². The van der Waals surface area contributed by atoms with Crippen molar-refractivity contribution in [1.82, 2.24) is 0 Å². The Morgan fingerprint density at radius 3 is 2.21 bits per heavy atom. The van der Waals surface area contributed by atoms with Gasteiger partial charge in [0.15, 0.2) is 6.10 Å². The van der Waals surface area contributed by atoms with E-state index in [1.165, 1.54) is 23.3 Å². The van der Waals surface area contributed by atoms with Crippen LogP contribution in [0.25, 0.3) is 0 Å². The third-order valence-electron chi connectivity index (χ3n) is 5.87. The number of nitrogens with zero attached hydrogens (tertiary/aromatic N) is 2. The number of hydrogen-bond donors (Lipinski definition) is 0. The Hall–Kier alpha value is -3.43. The largest absolute Gasteiger partial charge is 0.418 e. The maximum absolute atomic E-state index is 15.0. The molecule has 3 aromatic carbocycles. The molecule has 5 rings (SSSR count). The number of benzene rings is 3. The molecule has 10 heteroatoms. The molecule has 174 valence electrons. The van der Waals surface area contributed by atoms with Crippen LogP contribution in [0.2, 0.25) is 5.02 Å². The van der Waals surface area contributed by atoms with Gasteiger partial charge >= 0.3 is 6.18 Å². The van der Waals surface area contributed by atoms with Crippen molar-refractivity contribution in [3.8, 4) is 0 Å². The number of hydrogen-bond acceptors (Lipinski definition) is 4. The van der Waals surface area contributed by atoms with Crippen molar-refractivity contribution in [1.29, 1.82) is 0 Å². The molecular formula is C24H15ClF4N2O3. The summed E-state index contributed by atoms with van der Waals surface area (Å²) in [7, 11) is 0. The maximum Gasteiger partial charge on any atom is 0.418 e. The molecule has 0 N–H and O–H groups in total. The molecule has 0 aliphatic carbocycles. The molecule has 5 nitrogen and oxygen atoms in total. The first-order chi connectivity index (χ1) is 16.2. The smallest absolute Gasteiger partial charge is 0.273 e. The highest BCUT2D eigenvalue weighted by atomic mass is 35.5. The Morgan fingerprint density at radius 1 is 0.853 bits per heavy atom. The molecule has 0 aromatic heterocycles. The predicted molar refractivity (Wildman–Crippen MR) is 115 cm³/mol. The van der Waals surface area contributed by atoms with Crippen molar-refractivity contribution in [2.75, 3.05) is 9.96 Å². The SMILES string of the molecule is O=C1C2ON(c3ccccc3)C(c3c(F)cccc3Cl)C2C(=O)N1c1ccccc1C(F)(F)F.